The zero-order valence-corrected chi connectivity index (χ0v) is 13.2. The minimum absolute atomic E-state index is 0.0631. The number of carbonyl (C=O) groups is 1. The summed E-state index contributed by atoms with van der Waals surface area (Å²) in [5.41, 5.74) is 0.245. The zero-order valence-electron chi connectivity index (χ0n) is 13.2. The number of aromatic nitrogens is 1. The molecule has 1 aromatic heterocycles. The Morgan fingerprint density at radius 3 is 2.57 bits per heavy atom. The SMILES string of the molecule is CCCN(CCC)C(=O)Oc1ccc([N+](=O)[O-])c2cccnc12. The van der Waals surface area contributed by atoms with Crippen molar-refractivity contribution in [2.75, 3.05) is 13.1 Å². The molecule has 0 N–H and O–H groups in total. The Balaban J connectivity index is 2.35. The lowest BCUT2D eigenvalue weighted by Gasteiger charge is -2.20. The van der Waals surface area contributed by atoms with Crippen LogP contribution in [0.3, 0.4) is 0 Å². The first-order valence-corrected chi connectivity index (χ1v) is 7.57. The van der Waals surface area contributed by atoms with E-state index in [0.29, 0.717) is 24.0 Å². The summed E-state index contributed by atoms with van der Waals surface area (Å²) in [6.07, 6.45) is 2.71. The molecule has 1 aromatic carbocycles. The largest absolute Gasteiger partial charge is 0.415 e. The van der Waals surface area contributed by atoms with E-state index in [2.05, 4.69) is 4.98 Å². The van der Waals surface area contributed by atoms with Crippen LogP contribution in [-0.2, 0) is 0 Å². The van der Waals surface area contributed by atoms with E-state index in [0.717, 1.165) is 12.8 Å². The van der Waals surface area contributed by atoms with Gasteiger partial charge in [-0.05, 0) is 31.0 Å². The van der Waals surface area contributed by atoms with Crippen molar-refractivity contribution in [2.45, 2.75) is 26.7 Å². The fourth-order valence-electron chi connectivity index (χ4n) is 2.37. The second kappa shape index (κ2) is 7.53. The first-order valence-electron chi connectivity index (χ1n) is 7.57. The van der Waals surface area contributed by atoms with Crippen molar-refractivity contribution in [3.8, 4) is 5.75 Å². The van der Waals surface area contributed by atoms with E-state index in [-0.39, 0.29) is 11.4 Å². The maximum atomic E-state index is 12.3. The molecule has 122 valence electrons. The Hall–Kier alpha value is -2.70. The summed E-state index contributed by atoms with van der Waals surface area (Å²) >= 11 is 0. The van der Waals surface area contributed by atoms with Crippen LogP contribution >= 0.6 is 0 Å². The summed E-state index contributed by atoms with van der Waals surface area (Å²) in [4.78, 5) is 28.7. The fourth-order valence-corrected chi connectivity index (χ4v) is 2.37. The van der Waals surface area contributed by atoms with E-state index in [9.17, 15) is 14.9 Å². The van der Waals surface area contributed by atoms with E-state index >= 15 is 0 Å². The van der Waals surface area contributed by atoms with Crippen molar-refractivity contribution < 1.29 is 14.5 Å². The van der Waals surface area contributed by atoms with E-state index in [1.807, 2.05) is 13.8 Å². The molecule has 0 aliphatic carbocycles. The predicted octanol–water partition coefficient (Wildman–Crippen LogP) is 3.76. The molecular formula is C16H19N3O4. The number of nitrogens with zero attached hydrogens (tertiary/aromatic N) is 3. The molecule has 1 amide bonds. The number of pyridine rings is 1. The molecule has 7 heteroatoms. The summed E-state index contributed by atoms with van der Waals surface area (Å²) in [6.45, 7) is 5.17. The van der Waals surface area contributed by atoms with Gasteiger partial charge in [0.05, 0.1) is 10.3 Å². The van der Waals surface area contributed by atoms with Crippen LogP contribution in [0, 0.1) is 10.1 Å². The molecule has 0 atom stereocenters. The Morgan fingerprint density at radius 1 is 1.26 bits per heavy atom. The van der Waals surface area contributed by atoms with E-state index in [4.69, 9.17) is 4.74 Å². The average Bonchev–Trinajstić information content (AvgIpc) is 2.54. The first-order chi connectivity index (χ1) is 11.1. The molecule has 0 spiro atoms. The van der Waals surface area contributed by atoms with Crippen LogP contribution in [0.4, 0.5) is 10.5 Å². The van der Waals surface area contributed by atoms with Gasteiger partial charge in [-0.3, -0.25) is 15.1 Å². The van der Waals surface area contributed by atoms with Gasteiger partial charge in [0.1, 0.15) is 5.52 Å². The van der Waals surface area contributed by atoms with Crippen LogP contribution in [0.5, 0.6) is 5.75 Å². The normalized spacial score (nSPS) is 10.5. The average molecular weight is 317 g/mol. The molecule has 0 saturated heterocycles. The van der Waals surface area contributed by atoms with Gasteiger partial charge >= 0.3 is 6.09 Å². The van der Waals surface area contributed by atoms with Crippen molar-refractivity contribution in [3.63, 3.8) is 0 Å². The van der Waals surface area contributed by atoms with Gasteiger partial charge in [0.25, 0.3) is 5.69 Å². The van der Waals surface area contributed by atoms with Crippen LogP contribution in [0.15, 0.2) is 30.5 Å². The Kier molecular flexibility index (Phi) is 5.46. The highest BCUT2D eigenvalue weighted by Crippen LogP contribution is 2.31. The molecule has 0 fully saturated rings. The summed E-state index contributed by atoms with van der Waals surface area (Å²) in [5.74, 6) is 0.230. The minimum atomic E-state index is -0.476. The molecule has 0 bridgehead atoms. The van der Waals surface area contributed by atoms with Crippen LogP contribution in [0.2, 0.25) is 0 Å². The monoisotopic (exact) mass is 317 g/mol. The molecule has 0 aliphatic heterocycles. The number of benzene rings is 1. The number of nitro groups is 1. The number of ether oxygens (including phenoxy) is 1. The molecule has 2 rings (SSSR count). The number of hydrogen-bond acceptors (Lipinski definition) is 5. The van der Waals surface area contributed by atoms with Gasteiger partial charge in [-0.1, -0.05) is 13.8 Å². The second-order valence-electron chi connectivity index (χ2n) is 5.09. The third-order valence-electron chi connectivity index (χ3n) is 3.35. The highest BCUT2D eigenvalue weighted by Gasteiger charge is 2.20. The lowest BCUT2D eigenvalue weighted by Crippen LogP contribution is -2.34. The van der Waals surface area contributed by atoms with E-state index < -0.39 is 11.0 Å². The number of rotatable bonds is 6. The molecule has 0 aliphatic rings. The molecular weight excluding hydrogens is 298 g/mol. The number of amides is 1. The quantitative estimate of drug-likeness (QED) is 0.598. The van der Waals surface area contributed by atoms with Crippen molar-refractivity contribution in [1.82, 2.24) is 9.88 Å². The van der Waals surface area contributed by atoms with Crippen LogP contribution in [0.1, 0.15) is 26.7 Å². The van der Waals surface area contributed by atoms with Crippen LogP contribution in [0.25, 0.3) is 10.9 Å². The van der Waals surface area contributed by atoms with Gasteiger partial charge in [0.15, 0.2) is 5.75 Å². The maximum Gasteiger partial charge on any atom is 0.415 e. The highest BCUT2D eigenvalue weighted by molar-refractivity contribution is 5.93. The number of hydrogen-bond donors (Lipinski definition) is 0. The first kappa shape index (κ1) is 16.7. The Bertz CT molecular complexity index is 712. The molecule has 0 radical (unpaired) electrons. The van der Waals surface area contributed by atoms with Gasteiger partial charge < -0.3 is 9.64 Å². The van der Waals surface area contributed by atoms with Gasteiger partial charge in [0.2, 0.25) is 0 Å². The second-order valence-corrected chi connectivity index (χ2v) is 5.09. The van der Waals surface area contributed by atoms with Crippen molar-refractivity contribution in [3.05, 3.63) is 40.6 Å². The van der Waals surface area contributed by atoms with Gasteiger partial charge in [-0.2, -0.15) is 0 Å². The number of carbonyl (C=O) groups excluding carboxylic acids is 1. The van der Waals surface area contributed by atoms with Gasteiger partial charge in [-0.25, -0.2) is 4.79 Å². The number of nitro benzene ring substituents is 1. The third kappa shape index (κ3) is 3.74. The standard InChI is InChI=1S/C16H19N3O4/c1-3-10-18(11-4-2)16(20)23-14-8-7-13(19(21)22)12-6-5-9-17-15(12)14/h5-9H,3-4,10-11H2,1-2H3. The lowest BCUT2D eigenvalue weighted by atomic mass is 10.1. The van der Waals surface area contributed by atoms with E-state index in [1.54, 1.807) is 17.0 Å². The minimum Gasteiger partial charge on any atom is -0.408 e. The molecule has 0 unspecified atom stereocenters. The Labute approximate surface area is 134 Å². The molecule has 1 heterocycles. The maximum absolute atomic E-state index is 12.3. The topological polar surface area (TPSA) is 85.6 Å². The third-order valence-corrected chi connectivity index (χ3v) is 3.35. The molecule has 7 nitrogen and oxygen atoms in total. The molecule has 23 heavy (non-hydrogen) atoms. The summed E-state index contributed by atoms with van der Waals surface area (Å²) in [6, 6.07) is 5.95. The van der Waals surface area contributed by atoms with Gasteiger partial charge in [0, 0.05) is 25.4 Å². The van der Waals surface area contributed by atoms with Crippen LogP contribution in [-0.4, -0.2) is 34.0 Å². The number of non-ortho nitro benzene ring substituents is 1. The fraction of sp³-hybridized carbons (Fsp3) is 0.375. The predicted molar refractivity (Wildman–Crippen MR) is 86.6 cm³/mol. The Morgan fingerprint density at radius 2 is 1.96 bits per heavy atom. The lowest BCUT2D eigenvalue weighted by molar-refractivity contribution is -0.383. The molecule has 2 aromatic rings. The van der Waals surface area contributed by atoms with E-state index in [1.165, 1.54) is 18.3 Å². The summed E-state index contributed by atoms with van der Waals surface area (Å²) in [7, 11) is 0. The van der Waals surface area contributed by atoms with Gasteiger partial charge in [-0.15, -0.1) is 0 Å². The smallest absolute Gasteiger partial charge is 0.408 e. The van der Waals surface area contributed by atoms with Crippen LogP contribution < -0.4 is 4.74 Å². The van der Waals surface area contributed by atoms with Crippen molar-refractivity contribution in [2.24, 2.45) is 0 Å². The summed E-state index contributed by atoms with van der Waals surface area (Å²) < 4.78 is 5.43. The number of fused-ring (bicyclic) bond motifs is 1. The zero-order chi connectivity index (χ0) is 16.8. The van der Waals surface area contributed by atoms with Crippen molar-refractivity contribution >= 4 is 22.7 Å². The summed E-state index contributed by atoms with van der Waals surface area (Å²) in [5, 5.41) is 11.4. The highest BCUT2D eigenvalue weighted by atomic mass is 16.6. The molecule has 0 saturated carbocycles. The van der Waals surface area contributed by atoms with Crippen molar-refractivity contribution in [1.29, 1.82) is 0 Å².